The summed E-state index contributed by atoms with van der Waals surface area (Å²) >= 11 is 1.58. The normalized spacial score (nSPS) is 13.2. The van der Waals surface area contributed by atoms with Crippen LogP contribution in [0.1, 0.15) is 43.5 Å². The molecule has 0 fully saturated rings. The Morgan fingerprint density at radius 1 is 1.11 bits per heavy atom. The Morgan fingerprint density at radius 3 is 2.72 bits per heavy atom. The third-order valence-corrected chi connectivity index (χ3v) is 7.01. The second-order valence-corrected chi connectivity index (χ2v) is 9.53. The van der Waals surface area contributed by atoms with Crippen molar-refractivity contribution < 1.29 is 13.9 Å². The lowest BCUT2D eigenvalue weighted by atomic mass is 10.1. The van der Waals surface area contributed by atoms with E-state index in [2.05, 4.69) is 20.1 Å². The number of carbonyl (C=O) groups excluding carboxylic acids is 1. The van der Waals surface area contributed by atoms with Crippen LogP contribution < -0.4 is 10.1 Å². The Kier molecular flexibility index (Phi) is 9.33. The van der Waals surface area contributed by atoms with E-state index in [1.165, 1.54) is 0 Å². The third-order valence-electron chi connectivity index (χ3n) is 5.97. The zero-order valence-electron chi connectivity index (χ0n) is 20.5. The van der Waals surface area contributed by atoms with Gasteiger partial charge in [-0.25, -0.2) is 4.39 Å². The van der Waals surface area contributed by atoms with Crippen molar-refractivity contribution in [3.63, 3.8) is 0 Å². The third kappa shape index (κ3) is 7.07. The number of amides is 1. The molecular weight excluding hydrogens is 475 g/mol. The van der Waals surface area contributed by atoms with Crippen molar-refractivity contribution in [2.75, 3.05) is 12.9 Å². The SMILES string of the molecule is COc1ccccc1CNC(=O)CCCCc1nnc(SCC2=CC(F)=CCC2)n1-c1ccccc1. The molecule has 1 amide bonds. The van der Waals surface area contributed by atoms with Gasteiger partial charge in [-0.2, -0.15) is 0 Å². The maximum atomic E-state index is 13.6. The fraction of sp³-hybridized carbons (Fsp3) is 0.321. The Labute approximate surface area is 215 Å². The van der Waals surface area contributed by atoms with Crippen LogP contribution in [0.4, 0.5) is 4.39 Å². The van der Waals surface area contributed by atoms with Gasteiger partial charge in [0.05, 0.1) is 7.11 Å². The van der Waals surface area contributed by atoms with Gasteiger partial charge in [-0.3, -0.25) is 9.36 Å². The summed E-state index contributed by atoms with van der Waals surface area (Å²) in [5, 5.41) is 12.7. The summed E-state index contributed by atoms with van der Waals surface area (Å²) in [4.78, 5) is 12.4. The number of allylic oxidation sites excluding steroid dienone is 3. The van der Waals surface area contributed by atoms with Gasteiger partial charge in [-0.05, 0) is 56.0 Å². The van der Waals surface area contributed by atoms with Gasteiger partial charge in [-0.15, -0.1) is 10.2 Å². The predicted molar refractivity (Wildman–Crippen MR) is 141 cm³/mol. The molecule has 1 aromatic heterocycles. The van der Waals surface area contributed by atoms with Crippen molar-refractivity contribution in [2.45, 2.75) is 50.2 Å². The Hall–Kier alpha value is -3.39. The largest absolute Gasteiger partial charge is 0.496 e. The average molecular weight is 507 g/mol. The highest BCUT2D eigenvalue weighted by atomic mass is 32.2. The molecule has 0 spiro atoms. The first kappa shape index (κ1) is 25.7. The number of ether oxygens (including phenoxy) is 1. The molecular formula is C28H31FN4O2S. The molecule has 0 bridgehead atoms. The Morgan fingerprint density at radius 2 is 1.92 bits per heavy atom. The van der Waals surface area contributed by atoms with Gasteiger partial charge in [0.25, 0.3) is 0 Å². The number of thioether (sulfide) groups is 1. The number of rotatable bonds is 12. The number of nitrogens with one attached hydrogen (secondary N) is 1. The molecule has 2 aromatic carbocycles. The summed E-state index contributed by atoms with van der Waals surface area (Å²) in [5.41, 5.74) is 3.03. The van der Waals surface area contributed by atoms with Gasteiger partial charge in [0.1, 0.15) is 17.4 Å². The summed E-state index contributed by atoms with van der Waals surface area (Å²) in [6, 6.07) is 17.7. The van der Waals surface area contributed by atoms with Crippen molar-refractivity contribution in [3.8, 4) is 11.4 Å². The summed E-state index contributed by atoms with van der Waals surface area (Å²) in [7, 11) is 1.63. The number of para-hydroxylation sites is 2. The van der Waals surface area contributed by atoms with E-state index in [0.717, 1.165) is 59.2 Å². The molecule has 6 nitrogen and oxygen atoms in total. The number of benzene rings is 2. The minimum atomic E-state index is -0.158. The van der Waals surface area contributed by atoms with Gasteiger partial charge in [0, 0.05) is 36.4 Å². The first-order chi connectivity index (χ1) is 17.6. The molecule has 4 rings (SSSR count). The zero-order valence-corrected chi connectivity index (χ0v) is 21.3. The highest BCUT2D eigenvalue weighted by molar-refractivity contribution is 7.99. The molecule has 0 saturated heterocycles. The van der Waals surface area contributed by atoms with Crippen LogP contribution in [0.25, 0.3) is 5.69 Å². The van der Waals surface area contributed by atoms with Crippen molar-refractivity contribution in [2.24, 2.45) is 0 Å². The number of carbonyl (C=O) groups is 1. The maximum absolute atomic E-state index is 13.6. The van der Waals surface area contributed by atoms with E-state index in [9.17, 15) is 9.18 Å². The van der Waals surface area contributed by atoms with Crippen LogP contribution in [0.5, 0.6) is 5.75 Å². The summed E-state index contributed by atoms with van der Waals surface area (Å²) in [5.74, 6) is 2.17. The Balaban J connectivity index is 1.32. The minimum absolute atomic E-state index is 0.0173. The molecule has 1 aliphatic rings. The molecule has 0 unspecified atom stereocenters. The predicted octanol–water partition coefficient (Wildman–Crippen LogP) is 5.97. The van der Waals surface area contributed by atoms with Crippen molar-refractivity contribution >= 4 is 17.7 Å². The maximum Gasteiger partial charge on any atom is 0.220 e. The van der Waals surface area contributed by atoms with Gasteiger partial charge in [-0.1, -0.05) is 53.7 Å². The van der Waals surface area contributed by atoms with Crippen molar-refractivity contribution in [1.82, 2.24) is 20.1 Å². The lowest BCUT2D eigenvalue weighted by Crippen LogP contribution is -2.22. The molecule has 0 atom stereocenters. The summed E-state index contributed by atoms with van der Waals surface area (Å²) < 4.78 is 21.0. The fourth-order valence-corrected chi connectivity index (χ4v) is 5.07. The second-order valence-electron chi connectivity index (χ2n) is 8.58. The van der Waals surface area contributed by atoms with Crippen LogP contribution in [-0.2, 0) is 17.8 Å². The number of aromatic nitrogens is 3. The number of aryl methyl sites for hydroxylation is 1. The lowest BCUT2D eigenvalue weighted by molar-refractivity contribution is -0.121. The Bertz CT molecular complexity index is 1220. The van der Waals surface area contributed by atoms with Gasteiger partial charge in [0.15, 0.2) is 5.16 Å². The van der Waals surface area contributed by atoms with Crippen LogP contribution in [0.3, 0.4) is 0 Å². The molecule has 1 heterocycles. The number of halogens is 1. The summed E-state index contributed by atoms with van der Waals surface area (Å²) in [6.07, 6.45) is 7.58. The zero-order chi connectivity index (χ0) is 25.2. The number of nitrogens with zero attached hydrogens (tertiary/aromatic N) is 3. The van der Waals surface area contributed by atoms with E-state index < -0.39 is 0 Å². The van der Waals surface area contributed by atoms with E-state index in [0.29, 0.717) is 25.1 Å². The number of hydrogen-bond donors (Lipinski definition) is 1. The van der Waals surface area contributed by atoms with Crippen LogP contribution in [0.2, 0.25) is 0 Å². The molecule has 3 aromatic rings. The minimum Gasteiger partial charge on any atom is -0.496 e. The van der Waals surface area contributed by atoms with Gasteiger partial charge >= 0.3 is 0 Å². The molecule has 1 aliphatic carbocycles. The average Bonchev–Trinajstić information content (AvgIpc) is 3.32. The molecule has 36 heavy (non-hydrogen) atoms. The van der Waals surface area contributed by atoms with Crippen LogP contribution >= 0.6 is 11.8 Å². The highest BCUT2D eigenvalue weighted by Crippen LogP contribution is 2.28. The number of unbranched alkanes of at least 4 members (excludes halogenated alkanes) is 1. The van der Waals surface area contributed by atoms with E-state index in [1.54, 1.807) is 31.0 Å². The molecule has 188 valence electrons. The number of hydrogen-bond acceptors (Lipinski definition) is 5. The topological polar surface area (TPSA) is 69.0 Å². The molecule has 0 saturated carbocycles. The van der Waals surface area contributed by atoms with Gasteiger partial charge < -0.3 is 10.1 Å². The van der Waals surface area contributed by atoms with Crippen LogP contribution in [-0.4, -0.2) is 33.5 Å². The standard InChI is InChI=1S/C28H31FN4O2S/c1-35-25-15-6-5-11-22(25)19-30-27(34)17-8-7-16-26-31-32-28(33(26)24-13-3-2-4-14-24)36-20-21-10-9-12-23(29)18-21/h2-6,11-15,18H,7-10,16-17,19-20H2,1H3,(H,30,34). The lowest BCUT2D eigenvalue weighted by Gasteiger charge is -2.12. The molecule has 1 N–H and O–H groups in total. The smallest absolute Gasteiger partial charge is 0.220 e. The van der Waals surface area contributed by atoms with E-state index >= 15 is 0 Å². The van der Waals surface area contributed by atoms with Crippen molar-refractivity contribution in [1.29, 1.82) is 0 Å². The quantitative estimate of drug-likeness (QED) is 0.242. The van der Waals surface area contributed by atoms with Crippen LogP contribution in [0.15, 0.2) is 83.3 Å². The first-order valence-corrected chi connectivity index (χ1v) is 13.2. The highest BCUT2D eigenvalue weighted by Gasteiger charge is 2.16. The van der Waals surface area contributed by atoms with Crippen molar-refractivity contribution in [3.05, 3.63) is 89.5 Å². The molecule has 0 radical (unpaired) electrons. The van der Waals surface area contributed by atoms with E-state index in [4.69, 9.17) is 4.74 Å². The second kappa shape index (κ2) is 13.1. The van der Waals surface area contributed by atoms with Gasteiger partial charge in [0.2, 0.25) is 5.91 Å². The van der Waals surface area contributed by atoms with E-state index in [-0.39, 0.29) is 11.7 Å². The monoisotopic (exact) mass is 506 g/mol. The fourth-order valence-electron chi connectivity index (χ4n) is 4.08. The molecule has 0 aliphatic heterocycles. The van der Waals surface area contributed by atoms with E-state index in [1.807, 2.05) is 54.6 Å². The van der Waals surface area contributed by atoms with Crippen LogP contribution in [0, 0.1) is 0 Å². The molecule has 8 heteroatoms. The number of methoxy groups -OCH3 is 1. The summed E-state index contributed by atoms with van der Waals surface area (Å²) in [6.45, 7) is 0.446. The first-order valence-electron chi connectivity index (χ1n) is 12.2.